The highest BCUT2D eigenvalue weighted by molar-refractivity contribution is 6.07. The summed E-state index contributed by atoms with van der Waals surface area (Å²) in [7, 11) is 0. The van der Waals surface area contributed by atoms with Crippen LogP contribution in [-0.2, 0) is 17.6 Å². The number of aryl methyl sites for hydroxylation is 2. The standard InChI is InChI=1S/C20H20FN3O/c1-3-14-8-7-9-15(4-2)19(14)24-20(25)16(12-22)13-23-18-11-6-5-10-17(18)21/h5-11,13,23H,3-4H2,1-2H3,(H,24,25)/b16-13-. The molecule has 5 heteroatoms. The van der Waals surface area contributed by atoms with E-state index in [-0.39, 0.29) is 11.3 Å². The summed E-state index contributed by atoms with van der Waals surface area (Å²) < 4.78 is 13.6. The van der Waals surface area contributed by atoms with E-state index in [0.717, 1.165) is 29.7 Å². The third-order valence-electron chi connectivity index (χ3n) is 3.85. The van der Waals surface area contributed by atoms with Gasteiger partial charge in [-0.1, -0.05) is 44.2 Å². The van der Waals surface area contributed by atoms with Crippen molar-refractivity contribution in [1.29, 1.82) is 5.26 Å². The second-order valence-electron chi connectivity index (χ2n) is 5.41. The molecule has 128 valence electrons. The summed E-state index contributed by atoms with van der Waals surface area (Å²) in [6.07, 6.45) is 2.75. The molecule has 0 spiro atoms. The van der Waals surface area contributed by atoms with Crippen LogP contribution in [0.2, 0.25) is 0 Å². The summed E-state index contributed by atoms with van der Waals surface area (Å²) in [6.45, 7) is 4.01. The van der Waals surface area contributed by atoms with Gasteiger partial charge in [0, 0.05) is 11.9 Å². The summed E-state index contributed by atoms with van der Waals surface area (Å²) in [5.41, 5.74) is 2.83. The molecule has 0 radical (unpaired) electrons. The molecule has 4 nitrogen and oxygen atoms in total. The molecule has 0 aliphatic rings. The van der Waals surface area contributed by atoms with Gasteiger partial charge in [-0.2, -0.15) is 5.26 Å². The number of nitriles is 1. The molecular weight excluding hydrogens is 317 g/mol. The monoisotopic (exact) mass is 337 g/mol. The Bertz CT molecular complexity index is 815. The molecule has 2 rings (SSSR count). The Morgan fingerprint density at radius 2 is 1.76 bits per heavy atom. The van der Waals surface area contributed by atoms with E-state index in [1.807, 2.05) is 38.1 Å². The molecule has 0 fully saturated rings. The number of anilines is 2. The largest absolute Gasteiger partial charge is 0.358 e. The minimum Gasteiger partial charge on any atom is -0.358 e. The number of carbonyl (C=O) groups excluding carboxylic acids is 1. The number of benzene rings is 2. The molecule has 0 aliphatic heterocycles. The molecule has 0 atom stereocenters. The molecule has 0 aliphatic carbocycles. The van der Waals surface area contributed by atoms with Gasteiger partial charge in [0.2, 0.25) is 0 Å². The Labute approximate surface area is 147 Å². The SMILES string of the molecule is CCc1cccc(CC)c1NC(=O)/C(C#N)=C\Nc1ccccc1F. The van der Waals surface area contributed by atoms with E-state index in [1.54, 1.807) is 12.1 Å². The van der Waals surface area contributed by atoms with Crippen molar-refractivity contribution in [3.63, 3.8) is 0 Å². The number of nitrogens with zero attached hydrogens (tertiary/aromatic N) is 1. The normalized spacial score (nSPS) is 10.9. The number of hydrogen-bond acceptors (Lipinski definition) is 3. The van der Waals surface area contributed by atoms with Gasteiger partial charge in [-0.05, 0) is 36.1 Å². The topological polar surface area (TPSA) is 64.9 Å². The van der Waals surface area contributed by atoms with Crippen LogP contribution in [-0.4, -0.2) is 5.91 Å². The number of rotatable bonds is 6. The fourth-order valence-electron chi connectivity index (χ4n) is 2.46. The third-order valence-corrected chi connectivity index (χ3v) is 3.85. The van der Waals surface area contributed by atoms with Crippen molar-refractivity contribution in [3.05, 3.63) is 71.2 Å². The number of halogens is 1. The Kier molecular flexibility index (Phi) is 6.30. The molecule has 0 aromatic heterocycles. The van der Waals surface area contributed by atoms with Gasteiger partial charge in [-0.3, -0.25) is 4.79 Å². The summed E-state index contributed by atoms with van der Waals surface area (Å²) in [4.78, 5) is 12.5. The van der Waals surface area contributed by atoms with Crippen LogP contribution in [0.3, 0.4) is 0 Å². The van der Waals surface area contributed by atoms with Crippen molar-refractivity contribution < 1.29 is 9.18 Å². The van der Waals surface area contributed by atoms with E-state index < -0.39 is 11.7 Å². The highest BCUT2D eigenvalue weighted by Crippen LogP contribution is 2.23. The fraction of sp³-hybridized carbons (Fsp3) is 0.200. The predicted octanol–water partition coefficient (Wildman–Crippen LogP) is 4.41. The Morgan fingerprint density at radius 3 is 2.32 bits per heavy atom. The van der Waals surface area contributed by atoms with Crippen LogP contribution in [0, 0.1) is 17.1 Å². The highest BCUT2D eigenvalue weighted by atomic mass is 19.1. The zero-order valence-corrected chi connectivity index (χ0v) is 14.3. The Hall–Kier alpha value is -3.13. The van der Waals surface area contributed by atoms with Crippen LogP contribution in [0.1, 0.15) is 25.0 Å². The van der Waals surface area contributed by atoms with Crippen LogP contribution in [0.4, 0.5) is 15.8 Å². The van der Waals surface area contributed by atoms with Gasteiger partial charge in [0.25, 0.3) is 5.91 Å². The molecule has 2 N–H and O–H groups in total. The van der Waals surface area contributed by atoms with Crippen LogP contribution in [0.15, 0.2) is 54.2 Å². The lowest BCUT2D eigenvalue weighted by molar-refractivity contribution is -0.112. The van der Waals surface area contributed by atoms with E-state index in [2.05, 4.69) is 10.6 Å². The molecule has 0 unspecified atom stereocenters. The number of para-hydroxylation sites is 2. The van der Waals surface area contributed by atoms with E-state index in [9.17, 15) is 14.4 Å². The summed E-state index contributed by atoms with van der Waals surface area (Å²) in [6, 6.07) is 13.8. The van der Waals surface area contributed by atoms with Gasteiger partial charge < -0.3 is 10.6 Å². The van der Waals surface area contributed by atoms with Gasteiger partial charge in [0.1, 0.15) is 17.5 Å². The fourth-order valence-corrected chi connectivity index (χ4v) is 2.46. The smallest absolute Gasteiger partial charge is 0.267 e. The second-order valence-corrected chi connectivity index (χ2v) is 5.41. The molecule has 0 saturated heterocycles. The first-order valence-electron chi connectivity index (χ1n) is 8.14. The van der Waals surface area contributed by atoms with Crippen molar-refractivity contribution in [2.75, 3.05) is 10.6 Å². The number of amides is 1. The van der Waals surface area contributed by atoms with Crippen LogP contribution >= 0.6 is 0 Å². The Morgan fingerprint density at radius 1 is 1.12 bits per heavy atom. The molecule has 25 heavy (non-hydrogen) atoms. The van der Waals surface area contributed by atoms with Gasteiger partial charge in [-0.25, -0.2) is 4.39 Å². The lowest BCUT2D eigenvalue weighted by Crippen LogP contribution is -2.17. The van der Waals surface area contributed by atoms with Crippen molar-refractivity contribution in [3.8, 4) is 6.07 Å². The maximum atomic E-state index is 13.6. The van der Waals surface area contributed by atoms with E-state index in [0.29, 0.717) is 0 Å². The second kappa shape index (κ2) is 8.65. The van der Waals surface area contributed by atoms with Gasteiger partial charge in [0.05, 0.1) is 5.69 Å². The first kappa shape index (κ1) is 18.2. The summed E-state index contributed by atoms with van der Waals surface area (Å²) in [5, 5.41) is 14.7. The van der Waals surface area contributed by atoms with Gasteiger partial charge in [0.15, 0.2) is 0 Å². The molecule has 0 saturated carbocycles. The first-order valence-corrected chi connectivity index (χ1v) is 8.14. The molecule has 0 bridgehead atoms. The molecule has 2 aromatic rings. The van der Waals surface area contributed by atoms with Crippen molar-refractivity contribution in [2.45, 2.75) is 26.7 Å². The van der Waals surface area contributed by atoms with Crippen LogP contribution in [0.25, 0.3) is 0 Å². The third kappa shape index (κ3) is 4.45. The average molecular weight is 337 g/mol. The summed E-state index contributed by atoms with van der Waals surface area (Å²) in [5.74, 6) is -0.983. The predicted molar refractivity (Wildman–Crippen MR) is 97.5 cm³/mol. The zero-order chi connectivity index (χ0) is 18.2. The van der Waals surface area contributed by atoms with E-state index in [4.69, 9.17) is 0 Å². The number of nitrogens with one attached hydrogen (secondary N) is 2. The van der Waals surface area contributed by atoms with Crippen LogP contribution in [0.5, 0.6) is 0 Å². The number of hydrogen-bond donors (Lipinski definition) is 2. The van der Waals surface area contributed by atoms with E-state index >= 15 is 0 Å². The molecule has 0 heterocycles. The molecular formula is C20H20FN3O. The maximum Gasteiger partial charge on any atom is 0.267 e. The van der Waals surface area contributed by atoms with Crippen LogP contribution < -0.4 is 10.6 Å². The molecule has 2 aromatic carbocycles. The quantitative estimate of drug-likeness (QED) is 0.606. The number of carbonyl (C=O) groups is 1. The van der Waals surface area contributed by atoms with Gasteiger partial charge >= 0.3 is 0 Å². The lowest BCUT2D eigenvalue weighted by Gasteiger charge is -2.14. The van der Waals surface area contributed by atoms with E-state index in [1.165, 1.54) is 18.3 Å². The Balaban J connectivity index is 2.23. The molecule has 1 amide bonds. The summed E-state index contributed by atoms with van der Waals surface area (Å²) >= 11 is 0. The van der Waals surface area contributed by atoms with Gasteiger partial charge in [-0.15, -0.1) is 0 Å². The maximum absolute atomic E-state index is 13.6. The minimum atomic E-state index is -0.526. The van der Waals surface area contributed by atoms with Crippen molar-refractivity contribution in [1.82, 2.24) is 0 Å². The average Bonchev–Trinajstić information content (AvgIpc) is 2.63. The minimum absolute atomic E-state index is 0.129. The lowest BCUT2D eigenvalue weighted by atomic mass is 10.0. The van der Waals surface area contributed by atoms with Crippen molar-refractivity contribution in [2.24, 2.45) is 0 Å². The zero-order valence-electron chi connectivity index (χ0n) is 14.3. The highest BCUT2D eigenvalue weighted by Gasteiger charge is 2.14. The van der Waals surface area contributed by atoms with Crippen molar-refractivity contribution >= 4 is 17.3 Å². The first-order chi connectivity index (χ1) is 12.1.